The fourth-order valence-electron chi connectivity index (χ4n) is 0.740. The zero-order valence-corrected chi connectivity index (χ0v) is 6.45. The minimum atomic E-state index is 0.366. The second kappa shape index (κ2) is 2.13. The topological polar surface area (TPSA) is 56.0 Å². The lowest BCUT2D eigenvalue weighted by atomic mass is 10.5. The molecule has 6 heteroatoms. The number of hydrogen-bond acceptors (Lipinski definition) is 4. The van der Waals surface area contributed by atoms with Gasteiger partial charge in [-0.2, -0.15) is 14.6 Å². The monoisotopic (exact) mass is 169 g/mol. The van der Waals surface area contributed by atoms with E-state index in [-0.39, 0.29) is 0 Å². The summed E-state index contributed by atoms with van der Waals surface area (Å²) < 4.78 is 1.47. The van der Waals surface area contributed by atoms with Crippen molar-refractivity contribution in [3.8, 4) is 0 Å². The molecule has 2 heterocycles. The Morgan fingerprint density at radius 2 is 2.36 bits per heavy atom. The summed E-state index contributed by atoms with van der Waals surface area (Å²) in [5, 5.41) is 11.7. The van der Waals surface area contributed by atoms with E-state index in [0.717, 1.165) is 0 Å². The van der Waals surface area contributed by atoms with Crippen LogP contribution in [-0.4, -0.2) is 24.8 Å². The highest BCUT2D eigenvalue weighted by Crippen LogP contribution is 2.07. The van der Waals surface area contributed by atoms with Gasteiger partial charge in [0.2, 0.25) is 0 Å². The molecule has 0 radical (unpaired) electrons. The van der Waals surface area contributed by atoms with E-state index in [9.17, 15) is 0 Å². The van der Waals surface area contributed by atoms with E-state index in [4.69, 9.17) is 11.6 Å². The number of nitrogens with zero attached hydrogens (tertiary/aromatic N) is 5. The van der Waals surface area contributed by atoms with Crippen molar-refractivity contribution in [2.24, 2.45) is 0 Å². The minimum Gasteiger partial charge on any atom is -0.196 e. The normalized spacial score (nSPS) is 10.7. The average molecular weight is 170 g/mol. The van der Waals surface area contributed by atoms with Gasteiger partial charge in [-0.1, -0.05) is 11.6 Å². The Labute approximate surface area is 67.0 Å². The predicted molar refractivity (Wildman–Crippen MR) is 38.3 cm³/mol. The Morgan fingerprint density at radius 3 is 3.18 bits per heavy atom. The number of rotatable bonds is 0. The summed E-state index contributed by atoms with van der Waals surface area (Å²) in [5.74, 6) is 0.417. The Kier molecular flexibility index (Phi) is 1.25. The molecule has 2 rings (SSSR count). The summed E-state index contributed by atoms with van der Waals surface area (Å²) in [6.45, 7) is 1.77. The van der Waals surface area contributed by atoms with Gasteiger partial charge in [0.1, 0.15) is 6.33 Å². The highest BCUT2D eigenvalue weighted by atomic mass is 35.5. The van der Waals surface area contributed by atoms with E-state index in [1.54, 1.807) is 6.92 Å². The Bertz CT molecular complexity index is 359. The smallest absolute Gasteiger partial charge is 0.196 e. The summed E-state index contributed by atoms with van der Waals surface area (Å²) in [5.41, 5.74) is 0.666. The summed E-state index contributed by atoms with van der Waals surface area (Å²) in [4.78, 5) is 3.93. The fraction of sp³-hybridized carbons (Fsp3) is 0.200. The van der Waals surface area contributed by atoms with E-state index < -0.39 is 0 Å². The van der Waals surface area contributed by atoms with Gasteiger partial charge in [0.15, 0.2) is 5.15 Å². The van der Waals surface area contributed by atoms with E-state index in [1.165, 1.54) is 10.8 Å². The van der Waals surface area contributed by atoms with Gasteiger partial charge in [-0.15, -0.1) is 10.2 Å². The van der Waals surface area contributed by atoms with Crippen LogP contribution in [0.5, 0.6) is 0 Å². The van der Waals surface area contributed by atoms with Gasteiger partial charge in [0, 0.05) is 0 Å². The van der Waals surface area contributed by atoms with Gasteiger partial charge >= 0.3 is 0 Å². The average Bonchev–Trinajstić information content (AvgIpc) is 2.36. The maximum Gasteiger partial charge on any atom is 0.273 e. The van der Waals surface area contributed by atoms with Gasteiger partial charge in [-0.25, -0.2) is 0 Å². The Morgan fingerprint density at radius 1 is 1.55 bits per heavy atom. The van der Waals surface area contributed by atoms with Crippen LogP contribution in [0.4, 0.5) is 0 Å². The molecule has 56 valence electrons. The molecular weight excluding hydrogens is 166 g/mol. The number of halogens is 1. The number of hydrogen-bond donors (Lipinski definition) is 0. The van der Waals surface area contributed by atoms with Crippen molar-refractivity contribution in [3.63, 3.8) is 0 Å². The molecule has 0 aliphatic heterocycles. The predicted octanol–water partition coefficient (Wildman–Crippen LogP) is 0.481. The summed E-state index contributed by atoms with van der Waals surface area (Å²) in [7, 11) is 0. The molecule has 0 spiro atoms. The number of aryl methyl sites for hydroxylation is 1. The van der Waals surface area contributed by atoms with Crippen molar-refractivity contribution in [2.75, 3.05) is 0 Å². The van der Waals surface area contributed by atoms with Crippen LogP contribution >= 0.6 is 11.6 Å². The van der Waals surface area contributed by atoms with Crippen molar-refractivity contribution in [2.45, 2.75) is 6.92 Å². The van der Waals surface area contributed by atoms with Crippen molar-refractivity contribution in [1.29, 1.82) is 0 Å². The molecule has 0 bridgehead atoms. The molecule has 0 aliphatic carbocycles. The van der Waals surface area contributed by atoms with Crippen LogP contribution in [0.2, 0.25) is 5.15 Å². The maximum atomic E-state index is 5.69. The first-order valence-electron chi connectivity index (χ1n) is 2.97. The van der Waals surface area contributed by atoms with Crippen LogP contribution in [-0.2, 0) is 0 Å². The molecule has 0 aromatic carbocycles. The molecule has 2 aromatic heterocycles. The third kappa shape index (κ3) is 0.932. The fourth-order valence-corrected chi connectivity index (χ4v) is 0.853. The lowest BCUT2D eigenvalue weighted by Gasteiger charge is -1.94. The molecular formula is C5H4ClN5. The molecule has 11 heavy (non-hydrogen) atoms. The SMILES string of the molecule is Cc1nn2cnnc2nc1Cl. The standard InChI is InChI=1S/C5H4ClN5/c1-3-4(6)8-5-9-7-2-11(5)10-3/h2H,1H3. The van der Waals surface area contributed by atoms with E-state index in [1.807, 2.05) is 0 Å². The Balaban J connectivity index is 2.86. The highest BCUT2D eigenvalue weighted by Gasteiger charge is 2.02. The van der Waals surface area contributed by atoms with E-state index in [0.29, 0.717) is 16.6 Å². The van der Waals surface area contributed by atoms with Crippen LogP contribution in [0.15, 0.2) is 6.33 Å². The lowest BCUT2D eigenvalue weighted by Crippen LogP contribution is -1.97. The van der Waals surface area contributed by atoms with Crippen molar-refractivity contribution >= 4 is 17.4 Å². The molecule has 0 N–H and O–H groups in total. The molecule has 0 saturated carbocycles. The van der Waals surface area contributed by atoms with Gasteiger partial charge in [0.25, 0.3) is 5.78 Å². The number of fused-ring (bicyclic) bond motifs is 1. The lowest BCUT2D eigenvalue weighted by molar-refractivity contribution is 0.865. The van der Waals surface area contributed by atoms with Crippen LogP contribution < -0.4 is 0 Å². The third-order valence-corrected chi connectivity index (χ3v) is 1.63. The molecule has 2 aromatic rings. The molecule has 0 unspecified atom stereocenters. The van der Waals surface area contributed by atoms with Crippen LogP contribution in [0, 0.1) is 6.92 Å². The summed E-state index contributed by atoms with van der Waals surface area (Å²) in [6, 6.07) is 0. The molecule has 0 fully saturated rings. The van der Waals surface area contributed by atoms with Gasteiger partial charge in [-0.05, 0) is 6.92 Å². The first-order valence-corrected chi connectivity index (χ1v) is 3.35. The van der Waals surface area contributed by atoms with Crippen LogP contribution in [0.3, 0.4) is 0 Å². The minimum absolute atomic E-state index is 0.366. The third-order valence-electron chi connectivity index (χ3n) is 1.27. The first kappa shape index (κ1) is 6.48. The molecule has 0 aliphatic rings. The van der Waals surface area contributed by atoms with Gasteiger partial charge in [-0.3, -0.25) is 0 Å². The quantitative estimate of drug-likeness (QED) is 0.576. The van der Waals surface area contributed by atoms with Crippen LogP contribution in [0.1, 0.15) is 5.69 Å². The number of aromatic nitrogens is 5. The molecule has 0 atom stereocenters. The molecule has 5 nitrogen and oxygen atoms in total. The first-order chi connectivity index (χ1) is 5.27. The second-order valence-corrected chi connectivity index (χ2v) is 2.42. The largest absolute Gasteiger partial charge is 0.273 e. The van der Waals surface area contributed by atoms with Crippen LogP contribution in [0.25, 0.3) is 5.78 Å². The van der Waals surface area contributed by atoms with Crippen molar-refractivity contribution < 1.29 is 0 Å². The summed E-state index contributed by atoms with van der Waals surface area (Å²) >= 11 is 5.69. The second-order valence-electron chi connectivity index (χ2n) is 2.06. The van der Waals surface area contributed by atoms with Crippen molar-refractivity contribution in [3.05, 3.63) is 17.2 Å². The highest BCUT2D eigenvalue weighted by molar-refractivity contribution is 6.30. The summed E-state index contributed by atoms with van der Waals surface area (Å²) in [6.07, 6.45) is 1.48. The Hall–Kier alpha value is -1.23. The van der Waals surface area contributed by atoms with E-state index in [2.05, 4.69) is 20.3 Å². The zero-order valence-electron chi connectivity index (χ0n) is 5.69. The maximum absolute atomic E-state index is 5.69. The molecule has 0 saturated heterocycles. The zero-order chi connectivity index (χ0) is 7.84. The van der Waals surface area contributed by atoms with Gasteiger partial charge in [0.05, 0.1) is 5.69 Å². The van der Waals surface area contributed by atoms with Gasteiger partial charge < -0.3 is 0 Å². The molecule has 0 amide bonds. The van der Waals surface area contributed by atoms with Crippen molar-refractivity contribution in [1.82, 2.24) is 24.8 Å². The van der Waals surface area contributed by atoms with E-state index >= 15 is 0 Å².